The molecule has 0 spiro atoms. The summed E-state index contributed by atoms with van der Waals surface area (Å²) in [6.07, 6.45) is 7.16. The molecule has 2 aliphatic heterocycles. The van der Waals surface area contributed by atoms with Gasteiger partial charge in [0.25, 0.3) is 0 Å². The SMILES string of the molecule is Cc1cc2c3c(c1)N(c1cc4c(cc1C)C(C)(C)CCC4(C)C)c1cc4c(cc1B3N(c1ccc3c(c1)C(C)(C)CCC3(C)C)c1cc3c(cc1-2)C(C)(C)CCC3(C)C)C(C)(C)c1ccccc1-4. The Bertz CT molecular complexity index is 3200. The zero-order valence-corrected chi connectivity index (χ0v) is 44.4. The fourth-order valence-corrected chi connectivity index (χ4v) is 14.6. The van der Waals surface area contributed by atoms with E-state index in [1.807, 2.05) is 0 Å². The van der Waals surface area contributed by atoms with Crippen molar-refractivity contribution in [3.63, 3.8) is 0 Å². The molecule has 68 heavy (non-hydrogen) atoms. The van der Waals surface area contributed by atoms with Crippen molar-refractivity contribution in [1.29, 1.82) is 0 Å². The van der Waals surface area contributed by atoms with Crippen LogP contribution < -0.4 is 20.6 Å². The monoisotopic (exact) mass is 895 g/mol. The molecule has 3 heteroatoms. The summed E-state index contributed by atoms with van der Waals surface area (Å²) in [4.78, 5) is 5.59. The molecule has 0 saturated carbocycles. The van der Waals surface area contributed by atoms with Gasteiger partial charge < -0.3 is 9.71 Å². The topological polar surface area (TPSA) is 6.48 Å². The van der Waals surface area contributed by atoms with E-state index in [0.29, 0.717) is 0 Å². The number of hydrogen-bond donors (Lipinski definition) is 0. The van der Waals surface area contributed by atoms with Gasteiger partial charge in [0, 0.05) is 39.4 Å². The average molecular weight is 895 g/mol. The van der Waals surface area contributed by atoms with Gasteiger partial charge in [0.15, 0.2) is 0 Å². The lowest BCUT2D eigenvalue weighted by molar-refractivity contribution is 0.332. The Kier molecular flexibility index (Phi) is 8.87. The zero-order valence-electron chi connectivity index (χ0n) is 44.4. The van der Waals surface area contributed by atoms with Crippen molar-refractivity contribution < 1.29 is 0 Å². The van der Waals surface area contributed by atoms with Crippen molar-refractivity contribution in [2.45, 2.75) is 187 Å². The van der Waals surface area contributed by atoms with E-state index >= 15 is 0 Å². The highest BCUT2D eigenvalue weighted by Gasteiger charge is 2.50. The number of fused-ring (bicyclic) bond motifs is 10. The molecule has 4 aliphatic carbocycles. The minimum absolute atomic E-state index is 0.0482. The van der Waals surface area contributed by atoms with Crippen molar-refractivity contribution in [1.82, 2.24) is 0 Å². The molecule has 2 heterocycles. The van der Waals surface area contributed by atoms with Gasteiger partial charge in [-0.1, -0.05) is 145 Å². The average Bonchev–Trinajstić information content (AvgIpc) is 3.49. The first-order valence-electron chi connectivity index (χ1n) is 26.3. The quantitative estimate of drug-likeness (QED) is 0.160. The molecule has 0 unspecified atom stereocenters. The maximum Gasteiger partial charge on any atom is 0.333 e. The maximum absolute atomic E-state index is 2.84. The molecule has 0 N–H and O–H groups in total. The fraction of sp³-hybridized carbons (Fsp3) is 0.446. The molecule has 0 radical (unpaired) electrons. The fourth-order valence-electron chi connectivity index (χ4n) is 14.6. The predicted octanol–water partition coefficient (Wildman–Crippen LogP) is 16.4. The summed E-state index contributed by atoms with van der Waals surface area (Å²) in [6.45, 7) is 39.4. The van der Waals surface area contributed by atoms with Crippen LogP contribution in [0.1, 0.15) is 191 Å². The molecule has 0 bridgehead atoms. The maximum atomic E-state index is 2.84. The van der Waals surface area contributed by atoms with Gasteiger partial charge in [-0.15, -0.1) is 0 Å². The lowest BCUT2D eigenvalue weighted by Gasteiger charge is -2.49. The van der Waals surface area contributed by atoms with E-state index in [1.165, 1.54) is 156 Å². The largest absolute Gasteiger partial charge is 0.376 e. The molecule has 0 fully saturated rings. The lowest BCUT2D eigenvalue weighted by atomic mass is 9.42. The second-order valence-corrected chi connectivity index (χ2v) is 27.1. The molecule has 2 nitrogen and oxygen atoms in total. The van der Waals surface area contributed by atoms with Crippen molar-refractivity contribution >= 4 is 46.2 Å². The van der Waals surface area contributed by atoms with Crippen LogP contribution in [0.2, 0.25) is 0 Å². The molecule has 6 aromatic rings. The summed E-state index contributed by atoms with van der Waals surface area (Å²) < 4.78 is 0. The zero-order chi connectivity index (χ0) is 48.2. The predicted molar refractivity (Wildman–Crippen MR) is 293 cm³/mol. The van der Waals surface area contributed by atoms with Crippen LogP contribution in [0, 0.1) is 13.8 Å². The number of aryl methyl sites for hydroxylation is 2. The van der Waals surface area contributed by atoms with Crippen molar-refractivity contribution in [2.24, 2.45) is 0 Å². The third-order valence-electron chi connectivity index (χ3n) is 19.4. The normalized spacial score (nSPS) is 21.6. The first-order chi connectivity index (χ1) is 31.7. The van der Waals surface area contributed by atoms with Gasteiger partial charge in [-0.25, -0.2) is 0 Å². The Balaban J connectivity index is 1.23. The summed E-state index contributed by atoms with van der Waals surface area (Å²) in [5.41, 5.74) is 30.0. The van der Waals surface area contributed by atoms with E-state index in [4.69, 9.17) is 0 Å². The van der Waals surface area contributed by atoms with Crippen LogP contribution in [-0.2, 0) is 37.9 Å². The molecule has 12 rings (SSSR count). The first-order valence-corrected chi connectivity index (χ1v) is 26.3. The molecule has 0 saturated heterocycles. The van der Waals surface area contributed by atoms with E-state index in [-0.39, 0.29) is 44.8 Å². The number of hydrogen-bond acceptors (Lipinski definition) is 2. The van der Waals surface area contributed by atoms with Crippen LogP contribution in [0.4, 0.5) is 28.4 Å². The van der Waals surface area contributed by atoms with E-state index in [0.717, 1.165) is 0 Å². The van der Waals surface area contributed by atoms with Crippen LogP contribution in [0.5, 0.6) is 0 Å². The number of nitrogens with zero attached hydrogens (tertiary/aromatic N) is 2. The van der Waals surface area contributed by atoms with Crippen molar-refractivity contribution in [2.75, 3.05) is 9.71 Å². The molecule has 348 valence electrons. The highest BCUT2D eigenvalue weighted by atomic mass is 15.2. The van der Waals surface area contributed by atoms with Gasteiger partial charge in [0.2, 0.25) is 0 Å². The number of rotatable bonds is 2. The molecular formula is C65H75BN2. The molecule has 6 aliphatic rings. The van der Waals surface area contributed by atoms with Crippen LogP contribution in [0.25, 0.3) is 22.3 Å². The standard InChI is InChI=1S/C65H75BN2/c1-38-29-44-43-33-50-52(64(13,14)28-26-62(50,9)10)37-55(43)68(40-21-22-46-49(32-40)61(7,8)24-23-59(46,3)4)66-53-35-47-42(41-19-17-18-20-45(41)65(47,15)16)34-56(53)67(57(30-38)58(44)66)54-36-51-48(31-39(54)2)60(5,6)25-27-63(51,11)12/h17-22,29-37H,23-28H2,1-16H3. The summed E-state index contributed by atoms with van der Waals surface area (Å²) >= 11 is 0. The van der Waals surface area contributed by atoms with Gasteiger partial charge in [-0.3, -0.25) is 0 Å². The Labute approximate surface area is 410 Å². The highest BCUT2D eigenvalue weighted by Crippen LogP contribution is 2.58. The molecule has 0 amide bonds. The summed E-state index contributed by atoms with van der Waals surface area (Å²) in [5.74, 6) is 0. The third-order valence-corrected chi connectivity index (χ3v) is 19.4. The number of benzene rings is 6. The summed E-state index contributed by atoms with van der Waals surface area (Å²) in [5, 5.41) is 0. The van der Waals surface area contributed by atoms with Gasteiger partial charge >= 0.3 is 6.85 Å². The van der Waals surface area contributed by atoms with Crippen molar-refractivity contribution in [3.05, 3.63) is 147 Å². The Morgan fingerprint density at radius 2 is 0.912 bits per heavy atom. The molecule has 6 aromatic carbocycles. The summed E-state index contributed by atoms with van der Waals surface area (Å²) in [7, 11) is 0. The second-order valence-electron chi connectivity index (χ2n) is 27.1. The van der Waals surface area contributed by atoms with Crippen molar-refractivity contribution in [3.8, 4) is 22.3 Å². The summed E-state index contributed by atoms with van der Waals surface area (Å²) in [6, 6.07) is 37.9. The Hall–Kier alpha value is -5.02. The smallest absolute Gasteiger partial charge is 0.333 e. The minimum atomic E-state index is -0.146. The van der Waals surface area contributed by atoms with Gasteiger partial charge in [0.05, 0.1) is 0 Å². The van der Waals surface area contributed by atoms with E-state index in [2.05, 4.69) is 211 Å². The van der Waals surface area contributed by atoms with E-state index in [9.17, 15) is 0 Å². The van der Waals surface area contributed by atoms with Gasteiger partial charge in [-0.05, 0) is 211 Å². The van der Waals surface area contributed by atoms with Crippen LogP contribution in [-0.4, -0.2) is 6.85 Å². The molecule has 0 aromatic heterocycles. The Morgan fingerprint density at radius 1 is 0.382 bits per heavy atom. The lowest BCUT2D eigenvalue weighted by Crippen LogP contribution is -2.62. The Morgan fingerprint density at radius 3 is 1.53 bits per heavy atom. The van der Waals surface area contributed by atoms with Gasteiger partial charge in [-0.2, -0.15) is 0 Å². The van der Waals surface area contributed by atoms with E-state index in [1.54, 1.807) is 0 Å². The molecular weight excluding hydrogens is 820 g/mol. The van der Waals surface area contributed by atoms with E-state index < -0.39 is 0 Å². The number of anilines is 5. The first kappa shape index (κ1) is 44.2. The third kappa shape index (κ3) is 5.95. The second kappa shape index (κ2) is 13.6. The van der Waals surface area contributed by atoms with Crippen LogP contribution in [0.15, 0.2) is 91.0 Å². The minimum Gasteiger partial charge on any atom is -0.376 e. The highest BCUT2D eigenvalue weighted by molar-refractivity contribution is 6.93. The molecule has 0 atom stereocenters. The van der Waals surface area contributed by atoms with Gasteiger partial charge in [0.1, 0.15) is 0 Å². The van der Waals surface area contributed by atoms with Crippen LogP contribution in [0.3, 0.4) is 0 Å². The van der Waals surface area contributed by atoms with Crippen LogP contribution >= 0.6 is 0 Å².